The Labute approximate surface area is 76.7 Å². The highest BCUT2D eigenvalue weighted by molar-refractivity contribution is 5.78. The zero-order chi connectivity index (χ0) is 10.1. The van der Waals surface area contributed by atoms with Crippen molar-refractivity contribution in [2.45, 2.75) is 24.9 Å². The Bertz CT molecular complexity index is 242. The van der Waals surface area contributed by atoms with Crippen molar-refractivity contribution in [3.8, 4) is 0 Å². The van der Waals surface area contributed by atoms with E-state index in [-0.39, 0.29) is 6.61 Å². The van der Waals surface area contributed by atoms with E-state index < -0.39 is 17.6 Å². The number of hydrogen-bond donors (Lipinski definition) is 2. The Kier molecular flexibility index (Phi) is 2.56. The molecule has 5 heteroatoms. The number of carboxylic acids is 1. The van der Waals surface area contributed by atoms with Crippen molar-refractivity contribution >= 4 is 12.3 Å². The van der Waals surface area contributed by atoms with Gasteiger partial charge in [-0.25, -0.2) is 4.79 Å². The molecule has 0 spiro atoms. The Hall–Kier alpha value is -1.10. The second kappa shape index (κ2) is 3.33. The molecule has 2 atom stereocenters. The van der Waals surface area contributed by atoms with Gasteiger partial charge in [0.15, 0.2) is 0 Å². The lowest BCUT2D eigenvalue weighted by atomic mass is 9.92. The average molecular weight is 186 g/mol. The van der Waals surface area contributed by atoms with Crippen molar-refractivity contribution in [1.29, 1.82) is 0 Å². The Balaban J connectivity index is 2.82. The minimum atomic E-state index is -0.881. The Morgan fingerprint density at radius 2 is 2.46 bits per heavy atom. The van der Waals surface area contributed by atoms with Crippen LogP contribution in [0.4, 0.5) is 0 Å². The molecule has 0 fully saturated rings. The summed E-state index contributed by atoms with van der Waals surface area (Å²) in [5, 5.41) is 17.9. The largest absolute Gasteiger partial charge is 0.480 e. The molecule has 13 heavy (non-hydrogen) atoms. The van der Waals surface area contributed by atoms with Crippen LogP contribution in [0.1, 0.15) is 13.3 Å². The highest BCUT2D eigenvalue weighted by Gasteiger charge is 2.35. The number of aliphatic hydroxyl groups excluding tert-OH is 1. The normalized spacial score (nSPS) is 33.5. The van der Waals surface area contributed by atoms with Crippen LogP contribution in [0.25, 0.3) is 0 Å². The van der Waals surface area contributed by atoms with E-state index in [1.54, 1.807) is 18.9 Å². The van der Waals surface area contributed by atoms with E-state index in [1.807, 2.05) is 0 Å². The number of aliphatic hydroxyl groups is 1. The van der Waals surface area contributed by atoms with Gasteiger partial charge in [0.05, 0.1) is 18.5 Å². The van der Waals surface area contributed by atoms with Gasteiger partial charge in [-0.2, -0.15) is 0 Å². The molecule has 0 saturated carbocycles. The van der Waals surface area contributed by atoms with Crippen molar-refractivity contribution in [2.75, 3.05) is 13.7 Å². The standard InChI is InChI=1S/C8H14N2O3/c1-8(4-11)3-6(7(12)13)10(2)5-9-8/h5-6,11H,3-4H2,1-2H3,(H,12,13). The molecule has 0 bridgehead atoms. The number of rotatable bonds is 2. The molecule has 74 valence electrons. The van der Waals surface area contributed by atoms with E-state index >= 15 is 0 Å². The van der Waals surface area contributed by atoms with Gasteiger partial charge in [-0.1, -0.05) is 0 Å². The zero-order valence-corrected chi connectivity index (χ0v) is 7.77. The minimum absolute atomic E-state index is 0.124. The molecule has 0 saturated heterocycles. The van der Waals surface area contributed by atoms with Gasteiger partial charge in [0.1, 0.15) is 6.04 Å². The lowest BCUT2D eigenvalue weighted by molar-refractivity contribution is -0.142. The van der Waals surface area contributed by atoms with Gasteiger partial charge in [-0.15, -0.1) is 0 Å². The summed E-state index contributed by atoms with van der Waals surface area (Å²) in [6.45, 7) is 1.62. The van der Waals surface area contributed by atoms with Crippen LogP contribution >= 0.6 is 0 Å². The molecule has 0 aromatic carbocycles. The van der Waals surface area contributed by atoms with Crippen LogP contribution < -0.4 is 0 Å². The molecular formula is C8H14N2O3. The van der Waals surface area contributed by atoms with Crippen LogP contribution in [-0.2, 0) is 4.79 Å². The monoisotopic (exact) mass is 186 g/mol. The molecule has 0 radical (unpaired) electrons. The predicted molar refractivity (Wildman–Crippen MR) is 47.8 cm³/mol. The van der Waals surface area contributed by atoms with Gasteiger partial charge in [-0.05, 0) is 6.92 Å². The molecule has 0 aromatic heterocycles. The SMILES string of the molecule is CN1C=NC(C)(CO)CC1C(=O)O. The third-order valence-corrected chi connectivity index (χ3v) is 2.30. The van der Waals surface area contributed by atoms with Crippen LogP contribution in [-0.4, -0.2) is 52.7 Å². The number of carboxylic acid groups (broad SMARTS) is 1. The minimum Gasteiger partial charge on any atom is -0.480 e. The maximum atomic E-state index is 10.8. The van der Waals surface area contributed by atoms with Crippen molar-refractivity contribution in [3.63, 3.8) is 0 Å². The lowest BCUT2D eigenvalue weighted by Gasteiger charge is -2.35. The first-order chi connectivity index (χ1) is 5.98. The first-order valence-electron chi connectivity index (χ1n) is 4.09. The van der Waals surface area contributed by atoms with E-state index in [4.69, 9.17) is 10.2 Å². The van der Waals surface area contributed by atoms with Crippen molar-refractivity contribution < 1.29 is 15.0 Å². The quantitative estimate of drug-likeness (QED) is 0.613. The average Bonchev–Trinajstić information content (AvgIpc) is 2.09. The summed E-state index contributed by atoms with van der Waals surface area (Å²) < 4.78 is 0. The number of aliphatic carboxylic acids is 1. The second-order valence-electron chi connectivity index (χ2n) is 3.62. The summed E-state index contributed by atoms with van der Waals surface area (Å²) >= 11 is 0. The van der Waals surface area contributed by atoms with Crippen LogP contribution in [0, 0.1) is 0 Å². The van der Waals surface area contributed by atoms with Gasteiger partial charge in [0.2, 0.25) is 0 Å². The summed E-state index contributed by atoms with van der Waals surface area (Å²) in [6.07, 6.45) is 1.81. The van der Waals surface area contributed by atoms with Crippen molar-refractivity contribution in [3.05, 3.63) is 0 Å². The first-order valence-corrected chi connectivity index (χ1v) is 4.09. The molecule has 1 heterocycles. The topological polar surface area (TPSA) is 73.1 Å². The molecule has 0 aliphatic carbocycles. The van der Waals surface area contributed by atoms with Gasteiger partial charge >= 0.3 is 5.97 Å². The fourth-order valence-electron chi connectivity index (χ4n) is 1.29. The fraction of sp³-hybridized carbons (Fsp3) is 0.750. The molecular weight excluding hydrogens is 172 g/mol. The van der Waals surface area contributed by atoms with Gasteiger partial charge in [0.25, 0.3) is 0 Å². The molecule has 2 N–H and O–H groups in total. The molecule has 2 unspecified atom stereocenters. The maximum Gasteiger partial charge on any atom is 0.326 e. The highest BCUT2D eigenvalue weighted by Crippen LogP contribution is 2.22. The van der Waals surface area contributed by atoms with Gasteiger partial charge < -0.3 is 15.1 Å². The molecule has 5 nitrogen and oxygen atoms in total. The number of aliphatic imine (C=N–C) groups is 1. The number of nitrogens with zero attached hydrogens (tertiary/aromatic N) is 2. The number of carbonyl (C=O) groups is 1. The molecule has 1 aliphatic rings. The smallest absolute Gasteiger partial charge is 0.326 e. The first kappa shape index (κ1) is 9.98. The second-order valence-corrected chi connectivity index (χ2v) is 3.62. The van der Waals surface area contributed by atoms with Crippen LogP contribution in [0.3, 0.4) is 0 Å². The molecule has 0 amide bonds. The molecule has 1 rings (SSSR count). The summed E-state index contributed by atoms with van der Waals surface area (Å²) in [6, 6.07) is -0.588. The fourth-order valence-corrected chi connectivity index (χ4v) is 1.29. The van der Waals surface area contributed by atoms with E-state index in [9.17, 15) is 4.79 Å². The van der Waals surface area contributed by atoms with Crippen LogP contribution in [0.15, 0.2) is 4.99 Å². The lowest BCUT2D eigenvalue weighted by Crippen LogP contribution is -2.48. The highest BCUT2D eigenvalue weighted by atomic mass is 16.4. The molecule has 0 aromatic rings. The van der Waals surface area contributed by atoms with E-state index in [0.717, 1.165) is 0 Å². The van der Waals surface area contributed by atoms with Gasteiger partial charge in [0, 0.05) is 13.5 Å². The summed E-state index contributed by atoms with van der Waals surface area (Å²) in [5.41, 5.74) is -0.643. The number of hydrogen-bond acceptors (Lipinski definition) is 4. The zero-order valence-electron chi connectivity index (χ0n) is 7.77. The Morgan fingerprint density at radius 1 is 1.85 bits per heavy atom. The van der Waals surface area contributed by atoms with E-state index in [0.29, 0.717) is 6.42 Å². The van der Waals surface area contributed by atoms with Crippen LogP contribution in [0.5, 0.6) is 0 Å². The summed E-state index contributed by atoms with van der Waals surface area (Å²) in [7, 11) is 1.67. The van der Waals surface area contributed by atoms with E-state index in [1.165, 1.54) is 6.34 Å². The predicted octanol–water partition coefficient (Wildman–Crippen LogP) is -0.446. The van der Waals surface area contributed by atoms with E-state index in [2.05, 4.69) is 4.99 Å². The maximum absolute atomic E-state index is 10.8. The number of likely N-dealkylation sites (N-methyl/N-ethyl adjacent to an activating group) is 1. The summed E-state index contributed by atoms with van der Waals surface area (Å²) in [5.74, 6) is -0.881. The molecule has 1 aliphatic heterocycles. The van der Waals surface area contributed by atoms with Crippen molar-refractivity contribution in [2.24, 2.45) is 4.99 Å². The van der Waals surface area contributed by atoms with Gasteiger partial charge in [-0.3, -0.25) is 4.99 Å². The van der Waals surface area contributed by atoms with Crippen LogP contribution in [0.2, 0.25) is 0 Å². The third kappa shape index (κ3) is 1.98. The summed E-state index contributed by atoms with van der Waals surface area (Å²) in [4.78, 5) is 16.4. The Morgan fingerprint density at radius 3 is 2.92 bits per heavy atom. The van der Waals surface area contributed by atoms with Crippen molar-refractivity contribution in [1.82, 2.24) is 4.90 Å². The third-order valence-electron chi connectivity index (χ3n) is 2.30.